The number of hydrogen-bond acceptors (Lipinski definition) is 0. The van der Waals surface area contributed by atoms with Gasteiger partial charge in [-0.15, -0.1) is 0 Å². The highest BCUT2D eigenvalue weighted by atomic mass is 13.9. The van der Waals surface area contributed by atoms with Crippen LogP contribution in [0.5, 0.6) is 0 Å². The van der Waals surface area contributed by atoms with Crippen molar-refractivity contribution in [2.45, 2.75) is 20.3 Å². The van der Waals surface area contributed by atoms with E-state index in [9.17, 15) is 0 Å². The van der Waals surface area contributed by atoms with Gasteiger partial charge in [0.05, 0.1) is 0 Å². The Kier molecular flexibility index (Phi) is 4.77. The first-order valence-electron chi connectivity index (χ1n) is 5.17. The Balaban J connectivity index is 2.38. The van der Waals surface area contributed by atoms with E-state index < -0.39 is 0 Å². The van der Waals surface area contributed by atoms with Gasteiger partial charge in [0.25, 0.3) is 0 Å². The SMILES string of the molecule is CC(C)CC=CC=Cc1ccccc1. The summed E-state index contributed by atoms with van der Waals surface area (Å²) in [6.45, 7) is 4.45. The largest absolute Gasteiger partial charge is 0.0843 e. The van der Waals surface area contributed by atoms with E-state index in [1.807, 2.05) is 6.07 Å². The zero-order chi connectivity index (χ0) is 10.2. The number of rotatable bonds is 4. The second kappa shape index (κ2) is 6.20. The van der Waals surface area contributed by atoms with E-state index in [1.54, 1.807) is 0 Å². The molecule has 0 unspecified atom stereocenters. The Morgan fingerprint density at radius 2 is 1.79 bits per heavy atom. The van der Waals surface area contributed by atoms with Crippen molar-refractivity contribution in [1.82, 2.24) is 0 Å². The number of hydrogen-bond donors (Lipinski definition) is 0. The molecule has 14 heavy (non-hydrogen) atoms. The average molecular weight is 186 g/mol. The second-order valence-corrected chi connectivity index (χ2v) is 3.83. The molecular formula is C14H18. The van der Waals surface area contributed by atoms with Crippen LogP contribution in [0.1, 0.15) is 25.8 Å². The summed E-state index contributed by atoms with van der Waals surface area (Å²) in [5, 5.41) is 0. The van der Waals surface area contributed by atoms with Crippen LogP contribution in [0.15, 0.2) is 48.6 Å². The molecule has 0 atom stereocenters. The molecule has 0 aliphatic heterocycles. The fourth-order valence-corrected chi connectivity index (χ4v) is 1.16. The third-order valence-corrected chi connectivity index (χ3v) is 1.94. The first kappa shape index (κ1) is 10.8. The van der Waals surface area contributed by atoms with E-state index in [0.717, 1.165) is 12.3 Å². The minimum Gasteiger partial charge on any atom is -0.0843 e. The lowest BCUT2D eigenvalue weighted by molar-refractivity contribution is 0.664. The van der Waals surface area contributed by atoms with Crippen LogP contribution in [0.2, 0.25) is 0 Å². The second-order valence-electron chi connectivity index (χ2n) is 3.83. The van der Waals surface area contributed by atoms with Crippen molar-refractivity contribution < 1.29 is 0 Å². The molecular weight excluding hydrogens is 168 g/mol. The van der Waals surface area contributed by atoms with Crippen LogP contribution >= 0.6 is 0 Å². The van der Waals surface area contributed by atoms with Gasteiger partial charge in [-0.05, 0) is 17.9 Å². The first-order valence-corrected chi connectivity index (χ1v) is 5.17. The summed E-state index contributed by atoms with van der Waals surface area (Å²) < 4.78 is 0. The molecule has 0 aliphatic rings. The summed E-state index contributed by atoms with van der Waals surface area (Å²) in [6.07, 6.45) is 9.70. The van der Waals surface area contributed by atoms with Gasteiger partial charge >= 0.3 is 0 Å². The molecule has 0 heterocycles. The van der Waals surface area contributed by atoms with Crippen molar-refractivity contribution in [2.24, 2.45) is 5.92 Å². The molecule has 74 valence electrons. The fraction of sp³-hybridized carbons (Fsp3) is 0.286. The van der Waals surface area contributed by atoms with Crippen molar-refractivity contribution in [1.29, 1.82) is 0 Å². The van der Waals surface area contributed by atoms with Crippen LogP contribution in [-0.2, 0) is 0 Å². The standard InChI is InChI=1S/C14H18/c1-13(2)9-5-3-6-10-14-11-7-4-8-12-14/h3-8,10-13H,9H2,1-2H3. The van der Waals surface area contributed by atoms with Crippen molar-refractivity contribution >= 4 is 6.08 Å². The highest BCUT2D eigenvalue weighted by Gasteiger charge is 1.85. The number of allylic oxidation sites excluding steroid dienone is 3. The van der Waals surface area contributed by atoms with Crippen molar-refractivity contribution in [3.05, 3.63) is 54.1 Å². The third kappa shape index (κ3) is 4.66. The first-order chi connectivity index (χ1) is 6.79. The van der Waals surface area contributed by atoms with Crippen molar-refractivity contribution in [3.8, 4) is 0 Å². The fourth-order valence-electron chi connectivity index (χ4n) is 1.16. The summed E-state index contributed by atoms with van der Waals surface area (Å²) in [7, 11) is 0. The maximum atomic E-state index is 2.23. The van der Waals surface area contributed by atoms with Crippen LogP contribution < -0.4 is 0 Å². The van der Waals surface area contributed by atoms with Crippen LogP contribution in [-0.4, -0.2) is 0 Å². The molecule has 0 radical (unpaired) electrons. The van der Waals surface area contributed by atoms with Gasteiger partial charge < -0.3 is 0 Å². The lowest BCUT2D eigenvalue weighted by Crippen LogP contribution is -1.80. The molecule has 0 saturated carbocycles. The van der Waals surface area contributed by atoms with E-state index in [0.29, 0.717) is 0 Å². The van der Waals surface area contributed by atoms with Crippen molar-refractivity contribution in [3.63, 3.8) is 0 Å². The molecule has 0 aliphatic carbocycles. The summed E-state index contributed by atoms with van der Waals surface area (Å²) in [4.78, 5) is 0. The zero-order valence-corrected chi connectivity index (χ0v) is 8.98. The Morgan fingerprint density at radius 1 is 1.07 bits per heavy atom. The molecule has 0 heteroatoms. The smallest absolute Gasteiger partial charge is 0.0257 e. The zero-order valence-electron chi connectivity index (χ0n) is 8.98. The quantitative estimate of drug-likeness (QED) is 0.615. The Morgan fingerprint density at radius 3 is 2.43 bits per heavy atom. The Bertz CT molecular complexity index is 291. The van der Waals surface area contributed by atoms with Gasteiger partial charge in [0.1, 0.15) is 0 Å². The summed E-state index contributed by atoms with van der Waals surface area (Å²) in [6, 6.07) is 10.3. The maximum absolute atomic E-state index is 2.23. The summed E-state index contributed by atoms with van der Waals surface area (Å²) in [5.74, 6) is 0.747. The lowest BCUT2D eigenvalue weighted by Gasteiger charge is -1.94. The molecule has 0 N–H and O–H groups in total. The lowest BCUT2D eigenvalue weighted by atomic mass is 10.1. The summed E-state index contributed by atoms with van der Waals surface area (Å²) >= 11 is 0. The van der Waals surface area contributed by atoms with Crippen LogP contribution in [0.25, 0.3) is 6.08 Å². The van der Waals surface area contributed by atoms with Crippen LogP contribution in [0, 0.1) is 5.92 Å². The molecule has 0 aromatic heterocycles. The Hall–Kier alpha value is -1.30. The molecule has 1 aromatic carbocycles. The van der Waals surface area contributed by atoms with E-state index in [4.69, 9.17) is 0 Å². The summed E-state index contributed by atoms with van der Waals surface area (Å²) in [5.41, 5.74) is 1.25. The minimum absolute atomic E-state index is 0.747. The predicted octanol–water partition coefficient (Wildman–Crippen LogP) is 4.30. The average Bonchev–Trinajstić information content (AvgIpc) is 2.18. The van der Waals surface area contributed by atoms with E-state index in [1.165, 1.54) is 5.56 Å². The van der Waals surface area contributed by atoms with E-state index in [-0.39, 0.29) is 0 Å². The molecule has 0 amide bonds. The van der Waals surface area contributed by atoms with Crippen molar-refractivity contribution in [2.75, 3.05) is 0 Å². The van der Waals surface area contributed by atoms with Crippen LogP contribution in [0.4, 0.5) is 0 Å². The Labute approximate surface area is 87.0 Å². The highest BCUT2D eigenvalue weighted by molar-refractivity contribution is 5.50. The number of benzene rings is 1. The maximum Gasteiger partial charge on any atom is -0.0257 e. The van der Waals surface area contributed by atoms with Gasteiger partial charge in [0.2, 0.25) is 0 Å². The van der Waals surface area contributed by atoms with Gasteiger partial charge in [-0.3, -0.25) is 0 Å². The van der Waals surface area contributed by atoms with E-state index >= 15 is 0 Å². The molecule has 0 saturated heterocycles. The monoisotopic (exact) mass is 186 g/mol. The molecule has 0 spiro atoms. The van der Waals surface area contributed by atoms with Gasteiger partial charge in [0.15, 0.2) is 0 Å². The van der Waals surface area contributed by atoms with Gasteiger partial charge in [-0.2, -0.15) is 0 Å². The topological polar surface area (TPSA) is 0 Å². The van der Waals surface area contributed by atoms with Gasteiger partial charge in [-0.25, -0.2) is 0 Å². The third-order valence-electron chi connectivity index (χ3n) is 1.94. The molecule has 1 aromatic rings. The molecule has 0 nitrogen and oxygen atoms in total. The van der Waals surface area contributed by atoms with Gasteiger partial charge in [0, 0.05) is 0 Å². The molecule has 0 fully saturated rings. The van der Waals surface area contributed by atoms with E-state index in [2.05, 4.69) is 62.4 Å². The minimum atomic E-state index is 0.747. The molecule has 1 rings (SSSR count). The van der Waals surface area contributed by atoms with Crippen LogP contribution in [0.3, 0.4) is 0 Å². The predicted molar refractivity (Wildman–Crippen MR) is 64.1 cm³/mol. The van der Waals surface area contributed by atoms with Gasteiger partial charge in [-0.1, -0.05) is 68.5 Å². The highest BCUT2D eigenvalue weighted by Crippen LogP contribution is 2.02. The normalized spacial score (nSPS) is 11.9. The molecule has 0 bridgehead atoms.